The number of amides is 1. The van der Waals surface area contributed by atoms with Crippen LogP contribution in [0.2, 0.25) is 4.47 Å². The van der Waals surface area contributed by atoms with Crippen molar-refractivity contribution in [3.05, 3.63) is 49.8 Å². The summed E-state index contributed by atoms with van der Waals surface area (Å²) in [5, 5.41) is 1.71. The number of halogens is 2. The summed E-state index contributed by atoms with van der Waals surface area (Å²) in [6.45, 7) is 4.76. The lowest BCUT2D eigenvalue weighted by molar-refractivity contribution is 0.0685. The smallest absolute Gasteiger partial charge is 0.273 e. The first-order valence-electron chi connectivity index (χ1n) is 6.71. The first kappa shape index (κ1) is 16.5. The lowest BCUT2D eigenvalue weighted by Gasteiger charge is -2.29. The Morgan fingerprint density at radius 3 is 2.76 bits per heavy atom. The molecule has 0 aliphatic heterocycles. The highest BCUT2D eigenvalue weighted by molar-refractivity contribution is 9.10. The van der Waals surface area contributed by atoms with Gasteiger partial charge in [0, 0.05) is 16.4 Å². The topological polar surface area (TPSA) is 33.2 Å². The van der Waals surface area contributed by atoms with E-state index in [1.165, 1.54) is 11.3 Å². The van der Waals surface area contributed by atoms with Gasteiger partial charge in [0.25, 0.3) is 5.91 Å². The Kier molecular flexibility index (Phi) is 5.79. The minimum absolute atomic E-state index is 0.0338. The normalized spacial score (nSPS) is 12.2. The summed E-state index contributed by atoms with van der Waals surface area (Å²) in [7, 11) is 0. The number of thiazole rings is 1. The monoisotopic (exact) mass is 386 g/mol. The average molecular weight is 388 g/mol. The van der Waals surface area contributed by atoms with E-state index >= 15 is 0 Å². The van der Waals surface area contributed by atoms with E-state index < -0.39 is 0 Å². The molecule has 3 nitrogen and oxygen atoms in total. The third kappa shape index (κ3) is 3.84. The summed E-state index contributed by atoms with van der Waals surface area (Å²) >= 11 is 10.7. The number of hydrogen-bond acceptors (Lipinski definition) is 3. The van der Waals surface area contributed by atoms with Crippen LogP contribution in [0.4, 0.5) is 0 Å². The summed E-state index contributed by atoms with van der Waals surface area (Å²) in [6, 6.07) is 7.92. The van der Waals surface area contributed by atoms with E-state index in [2.05, 4.69) is 27.8 Å². The van der Waals surface area contributed by atoms with E-state index in [1.807, 2.05) is 36.1 Å². The fraction of sp³-hybridized carbons (Fsp3) is 0.333. The molecule has 0 radical (unpaired) electrons. The van der Waals surface area contributed by atoms with Crippen molar-refractivity contribution in [2.75, 3.05) is 6.54 Å². The SMILES string of the molecule is CCCN(C(=O)c1csc(Cl)n1)C(C)c1ccccc1Br. The van der Waals surface area contributed by atoms with Crippen molar-refractivity contribution in [3.63, 3.8) is 0 Å². The Morgan fingerprint density at radius 1 is 1.48 bits per heavy atom. The number of carbonyl (C=O) groups excluding carboxylic acids is 1. The van der Waals surface area contributed by atoms with Gasteiger partial charge in [-0.05, 0) is 25.0 Å². The number of rotatable bonds is 5. The molecule has 1 aromatic heterocycles. The second-order valence-corrected chi connectivity index (χ2v) is 6.98. The molecule has 2 rings (SSSR count). The molecule has 112 valence electrons. The van der Waals surface area contributed by atoms with Gasteiger partial charge in [-0.3, -0.25) is 4.79 Å². The quantitative estimate of drug-likeness (QED) is 0.709. The van der Waals surface area contributed by atoms with Crippen LogP contribution in [-0.2, 0) is 0 Å². The molecule has 1 aromatic carbocycles. The van der Waals surface area contributed by atoms with Crippen molar-refractivity contribution in [2.24, 2.45) is 0 Å². The molecule has 0 N–H and O–H groups in total. The summed E-state index contributed by atoms with van der Waals surface area (Å²) < 4.78 is 1.39. The van der Waals surface area contributed by atoms with Crippen molar-refractivity contribution in [2.45, 2.75) is 26.3 Å². The van der Waals surface area contributed by atoms with Gasteiger partial charge < -0.3 is 4.90 Å². The van der Waals surface area contributed by atoms with Crippen LogP contribution >= 0.6 is 38.9 Å². The van der Waals surface area contributed by atoms with Crippen LogP contribution in [0, 0.1) is 0 Å². The van der Waals surface area contributed by atoms with Gasteiger partial charge in [0.1, 0.15) is 5.69 Å². The van der Waals surface area contributed by atoms with Crippen LogP contribution in [0.1, 0.15) is 42.4 Å². The molecule has 0 saturated carbocycles. The molecule has 1 unspecified atom stereocenters. The third-order valence-electron chi connectivity index (χ3n) is 3.24. The average Bonchev–Trinajstić information content (AvgIpc) is 2.90. The molecule has 0 fully saturated rings. The van der Waals surface area contributed by atoms with E-state index in [-0.39, 0.29) is 11.9 Å². The van der Waals surface area contributed by atoms with Crippen molar-refractivity contribution >= 4 is 44.8 Å². The zero-order chi connectivity index (χ0) is 15.4. The zero-order valence-corrected chi connectivity index (χ0v) is 15.0. The molecular weight excluding hydrogens is 372 g/mol. The number of nitrogens with zero attached hydrogens (tertiary/aromatic N) is 2. The number of hydrogen-bond donors (Lipinski definition) is 0. The van der Waals surface area contributed by atoms with Gasteiger partial charge in [-0.1, -0.05) is 52.7 Å². The molecule has 0 aliphatic rings. The van der Waals surface area contributed by atoms with Gasteiger partial charge in [-0.25, -0.2) is 4.98 Å². The Morgan fingerprint density at radius 2 is 2.19 bits per heavy atom. The molecule has 1 atom stereocenters. The minimum atomic E-state index is -0.0803. The lowest BCUT2D eigenvalue weighted by atomic mass is 10.1. The first-order chi connectivity index (χ1) is 10.0. The van der Waals surface area contributed by atoms with Crippen molar-refractivity contribution in [1.82, 2.24) is 9.88 Å². The van der Waals surface area contributed by atoms with E-state index in [0.717, 1.165) is 16.5 Å². The highest BCUT2D eigenvalue weighted by Gasteiger charge is 2.24. The lowest BCUT2D eigenvalue weighted by Crippen LogP contribution is -2.34. The second-order valence-electron chi connectivity index (χ2n) is 4.68. The van der Waals surface area contributed by atoms with Crippen LogP contribution in [0.25, 0.3) is 0 Å². The van der Waals surface area contributed by atoms with Crippen molar-refractivity contribution in [3.8, 4) is 0 Å². The van der Waals surface area contributed by atoms with Gasteiger partial charge in [-0.2, -0.15) is 0 Å². The molecule has 0 bridgehead atoms. The van der Waals surface area contributed by atoms with Gasteiger partial charge in [0.15, 0.2) is 4.47 Å². The molecule has 2 aromatic rings. The molecule has 0 aliphatic carbocycles. The highest BCUT2D eigenvalue weighted by atomic mass is 79.9. The maximum Gasteiger partial charge on any atom is 0.273 e. The zero-order valence-electron chi connectivity index (χ0n) is 11.8. The summed E-state index contributed by atoms with van der Waals surface area (Å²) in [5.41, 5.74) is 1.50. The van der Waals surface area contributed by atoms with E-state index in [0.29, 0.717) is 16.7 Å². The second kappa shape index (κ2) is 7.38. The molecule has 6 heteroatoms. The first-order valence-corrected chi connectivity index (χ1v) is 8.76. The van der Waals surface area contributed by atoms with Gasteiger partial charge in [-0.15, -0.1) is 11.3 Å². The fourth-order valence-electron chi connectivity index (χ4n) is 2.19. The summed E-state index contributed by atoms with van der Waals surface area (Å²) in [4.78, 5) is 18.6. The molecular formula is C15H16BrClN2OS. The number of aromatic nitrogens is 1. The largest absolute Gasteiger partial charge is 0.330 e. The molecule has 0 spiro atoms. The van der Waals surface area contributed by atoms with Gasteiger partial charge >= 0.3 is 0 Å². The number of carbonyl (C=O) groups is 1. The molecule has 21 heavy (non-hydrogen) atoms. The fourth-order valence-corrected chi connectivity index (χ4v) is 3.55. The Balaban J connectivity index is 2.30. The maximum absolute atomic E-state index is 12.7. The summed E-state index contributed by atoms with van der Waals surface area (Å²) in [6.07, 6.45) is 0.887. The van der Waals surface area contributed by atoms with Gasteiger partial charge in [0.2, 0.25) is 0 Å². The molecule has 1 heterocycles. The van der Waals surface area contributed by atoms with Crippen LogP contribution < -0.4 is 0 Å². The molecule has 1 amide bonds. The molecule has 0 saturated heterocycles. The van der Waals surface area contributed by atoms with E-state index in [4.69, 9.17) is 11.6 Å². The van der Waals surface area contributed by atoms with Crippen LogP contribution in [0.15, 0.2) is 34.1 Å². The third-order valence-corrected chi connectivity index (χ3v) is 4.94. The van der Waals surface area contributed by atoms with Gasteiger partial charge in [0.05, 0.1) is 6.04 Å². The van der Waals surface area contributed by atoms with Crippen LogP contribution in [0.5, 0.6) is 0 Å². The van der Waals surface area contributed by atoms with Crippen LogP contribution in [-0.4, -0.2) is 22.3 Å². The van der Waals surface area contributed by atoms with E-state index in [1.54, 1.807) is 5.38 Å². The summed E-state index contributed by atoms with van der Waals surface area (Å²) in [5.74, 6) is -0.0803. The Hall–Kier alpha value is -0.910. The standard InChI is InChI=1S/C15H16BrClN2OS/c1-3-8-19(14(20)13-9-21-15(17)18-13)10(2)11-6-4-5-7-12(11)16/h4-7,9-10H,3,8H2,1-2H3. The van der Waals surface area contributed by atoms with E-state index in [9.17, 15) is 4.79 Å². The number of benzene rings is 1. The predicted octanol–water partition coefficient (Wildman–Crippen LogP) is 5.17. The Bertz CT molecular complexity index is 632. The van der Waals surface area contributed by atoms with Crippen molar-refractivity contribution < 1.29 is 4.79 Å². The Labute approximate surface area is 142 Å². The maximum atomic E-state index is 12.7. The highest BCUT2D eigenvalue weighted by Crippen LogP contribution is 2.29. The van der Waals surface area contributed by atoms with Crippen LogP contribution in [0.3, 0.4) is 0 Å². The predicted molar refractivity (Wildman–Crippen MR) is 91.0 cm³/mol. The minimum Gasteiger partial charge on any atom is -0.330 e. The van der Waals surface area contributed by atoms with Crippen molar-refractivity contribution in [1.29, 1.82) is 0 Å².